The van der Waals surface area contributed by atoms with Crippen molar-refractivity contribution in [2.75, 3.05) is 7.11 Å². The van der Waals surface area contributed by atoms with Crippen molar-refractivity contribution in [3.05, 3.63) is 0 Å². The summed E-state index contributed by atoms with van der Waals surface area (Å²) in [6.07, 6.45) is 0. The fraction of sp³-hybridized carbons (Fsp3) is 1.00. The van der Waals surface area contributed by atoms with Gasteiger partial charge in [-0.2, -0.15) is 10.2 Å². The van der Waals surface area contributed by atoms with Gasteiger partial charge < -0.3 is 4.74 Å². The van der Waals surface area contributed by atoms with Crippen LogP contribution in [0.25, 0.3) is 0 Å². The monoisotopic (exact) mass is 90.0 g/mol. The molecular formula is C3H6O3. The van der Waals surface area contributed by atoms with Crippen LogP contribution in [0.4, 0.5) is 0 Å². The Hall–Kier alpha value is -0.120. The van der Waals surface area contributed by atoms with E-state index in [1.54, 1.807) is 0 Å². The first kappa shape index (κ1) is 5.88. The molecule has 0 aliphatic heterocycles. The number of methoxy groups -OCH3 is 1. The summed E-state index contributed by atoms with van der Waals surface area (Å²) in [7, 11) is 1.08. The number of hydrogen-bond donors (Lipinski definition) is 0. The molecule has 0 aliphatic rings. The van der Waals surface area contributed by atoms with Gasteiger partial charge in [-0.15, -0.1) is 0 Å². The summed E-state index contributed by atoms with van der Waals surface area (Å²) in [5.41, 5.74) is 0. The maximum Gasteiger partial charge on any atom is 0.337 e. The van der Waals surface area contributed by atoms with E-state index in [1.807, 2.05) is 0 Å². The second-order valence-corrected chi connectivity index (χ2v) is 1.07. The van der Waals surface area contributed by atoms with Gasteiger partial charge in [0.05, 0.1) is 0 Å². The molecule has 0 bridgehead atoms. The second kappa shape index (κ2) is 1.55. The molecule has 0 fully saturated rings. The Morgan fingerprint density at radius 2 is 1.67 bits per heavy atom. The molecule has 0 atom stereocenters. The summed E-state index contributed by atoms with van der Waals surface area (Å²) in [5.74, 6) is -2.46. The standard InChI is InChI=1S/C3H6O3/c1-3(4,5)6-2/h1-2H3. The molecule has 0 aromatic rings. The van der Waals surface area contributed by atoms with Gasteiger partial charge in [0.25, 0.3) is 0 Å². The first-order valence-corrected chi connectivity index (χ1v) is 1.52. The summed E-state index contributed by atoms with van der Waals surface area (Å²) in [6, 6.07) is 0. The maximum atomic E-state index is 9.69. The molecule has 0 amide bonds. The minimum atomic E-state index is -2.46. The van der Waals surface area contributed by atoms with Crippen molar-refractivity contribution in [3.8, 4) is 0 Å². The smallest absolute Gasteiger partial charge is 0.327 e. The molecule has 2 radical (unpaired) electrons. The summed E-state index contributed by atoms with van der Waals surface area (Å²) >= 11 is 0. The van der Waals surface area contributed by atoms with Crippen LogP contribution in [-0.4, -0.2) is 13.1 Å². The zero-order valence-corrected chi connectivity index (χ0v) is 3.72. The first-order valence-electron chi connectivity index (χ1n) is 1.52. The maximum absolute atomic E-state index is 9.69. The Bertz CT molecular complexity index is 35.8. The van der Waals surface area contributed by atoms with E-state index < -0.39 is 5.97 Å². The van der Waals surface area contributed by atoms with Gasteiger partial charge in [-0.25, -0.2) is 0 Å². The van der Waals surface area contributed by atoms with Crippen LogP contribution >= 0.6 is 0 Å². The van der Waals surface area contributed by atoms with Crippen molar-refractivity contribution in [1.82, 2.24) is 0 Å². The van der Waals surface area contributed by atoms with Crippen molar-refractivity contribution in [2.24, 2.45) is 0 Å². The molecule has 0 aromatic carbocycles. The predicted molar refractivity (Wildman–Crippen MR) is 16.8 cm³/mol. The van der Waals surface area contributed by atoms with Crippen LogP contribution in [0.15, 0.2) is 0 Å². The third-order valence-electron chi connectivity index (χ3n) is 0.371. The Kier molecular flexibility index (Phi) is 1.52. The molecule has 0 aromatic heterocycles. The molecule has 0 N–H and O–H groups in total. The normalized spacial score (nSPS) is 12.0. The van der Waals surface area contributed by atoms with E-state index in [0.717, 1.165) is 14.0 Å². The third kappa shape index (κ3) is 3.88. The number of ether oxygens (including phenoxy) is 1. The first-order chi connectivity index (χ1) is 2.56. The van der Waals surface area contributed by atoms with E-state index in [9.17, 15) is 10.2 Å². The van der Waals surface area contributed by atoms with Gasteiger partial charge in [0, 0.05) is 14.0 Å². The SMILES string of the molecule is COC(C)([O])[O]. The fourth-order valence-electron chi connectivity index (χ4n) is 0. The molecule has 0 aliphatic carbocycles. The Balaban J connectivity index is 3.17. The highest BCUT2D eigenvalue weighted by Gasteiger charge is 2.16. The summed E-state index contributed by atoms with van der Waals surface area (Å²) in [6.45, 7) is 0.910. The van der Waals surface area contributed by atoms with Crippen molar-refractivity contribution in [1.29, 1.82) is 0 Å². The van der Waals surface area contributed by atoms with E-state index in [2.05, 4.69) is 4.74 Å². The highest BCUT2D eigenvalue weighted by molar-refractivity contribution is 4.26. The van der Waals surface area contributed by atoms with Gasteiger partial charge in [-0.1, -0.05) is 0 Å². The molecule has 0 saturated heterocycles. The molecular weight excluding hydrogens is 84.0 g/mol. The molecule has 0 saturated carbocycles. The molecule has 0 rings (SSSR count). The zero-order chi connectivity index (χ0) is 5.21. The van der Waals surface area contributed by atoms with Crippen LogP contribution in [0, 0.1) is 0 Å². The average Bonchev–Trinajstić information content (AvgIpc) is 1.35. The lowest BCUT2D eigenvalue weighted by molar-refractivity contribution is -0.374. The van der Waals surface area contributed by atoms with Crippen LogP contribution < -0.4 is 0 Å². The molecule has 6 heavy (non-hydrogen) atoms. The molecule has 0 spiro atoms. The van der Waals surface area contributed by atoms with Gasteiger partial charge in [0.15, 0.2) is 0 Å². The summed E-state index contributed by atoms with van der Waals surface area (Å²) < 4.78 is 3.83. The minimum Gasteiger partial charge on any atom is -0.327 e. The van der Waals surface area contributed by atoms with Crippen LogP contribution in [-0.2, 0) is 14.9 Å². The zero-order valence-electron chi connectivity index (χ0n) is 3.72. The molecule has 3 nitrogen and oxygen atoms in total. The largest absolute Gasteiger partial charge is 0.337 e. The quantitative estimate of drug-likeness (QED) is 0.423. The van der Waals surface area contributed by atoms with Crippen LogP contribution in [0.2, 0.25) is 0 Å². The lowest BCUT2D eigenvalue weighted by Crippen LogP contribution is -2.20. The van der Waals surface area contributed by atoms with Gasteiger partial charge in [-0.05, 0) is 0 Å². The van der Waals surface area contributed by atoms with E-state index in [1.165, 1.54) is 0 Å². The molecule has 0 unspecified atom stereocenters. The van der Waals surface area contributed by atoms with Gasteiger partial charge in [0.1, 0.15) is 0 Å². The van der Waals surface area contributed by atoms with E-state index >= 15 is 0 Å². The highest BCUT2D eigenvalue weighted by atomic mass is 16.8. The number of rotatable bonds is 1. The number of hydrogen-bond acceptors (Lipinski definition) is 1. The fourth-order valence-corrected chi connectivity index (χ4v) is 0. The van der Waals surface area contributed by atoms with Crippen LogP contribution in [0.1, 0.15) is 6.92 Å². The second-order valence-electron chi connectivity index (χ2n) is 1.07. The van der Waals surface area contributed by atoms with Crippen molar-refractivity contribution in [3.63, 3.8) is 0 Å². The molecule has 36 valence electrons. The lowest BCUT2D eigenvalue weighted by atomic mass is 10.7. The van der Waals surface area contributed by atoms with Gasteiger partial charge >= 0.3 is 5.97 Å². The third-order valence-corrected chi connectivity index (χ3v) is 0.371. The highest BCUT2D eigenvalue weighted by Crippen LogP contribution is 1.96. The minimum absolute atomic E-state index is 0.910. The summed E-state index contributed by atoms with van der Waals surface area (Å²) in [5, 5.41) is 19.4. The van der Waals surface area contributed by atoms with Gasteiger partial charge in [-0.3, -0.25) is 0 Å². The van der Waals surface area contributed by atoms with Crippen LogP contribution in [0.3, 0.4) is 0 Å². The van der Waals surface area contributed by atoms with Crippen molar-refractivity contribution >= 4 is 0 Å². The van der Waals surface area contributed by atoms with Crippen molar-refractivity contribution in [2.45, 2.75) is 12.9 Å². The average molecular weight is 90.1 g/mol. The van der Waals surface area contributed by atoms with Crippen LogP contribution in [0.5, 0.6) is 0 Å². The molecule has 0 heterocycles. The lowest BCUT2D eigenvalue weighted by Gasteiger charge is -2.03. The van der Waals surface area contributed by atoms with E-state index in [4.69, 9.17) is 0 Å². The van der Waals surface area contributed by atoms with E-state index in [0.29, 0.717) is 0 Å². The Morgan fingerprint density at radius 3 is 1.67 bits per heavy atom. The van der Waals surface area contributed by atoms with Gasteiger partial charge in [0.2, 0.25) is 0 Å². The van der Waals surface area contributed by atoms with Crippen molar-refractivity contribution < 1.29 is 14.9 Å². The Labute approximate surface area is 36.2 Å². The topological polar surface area (TPSA) is 49.0 Å². The predicted octanol–water partition coefficient (Wildman–Crippen LogP) is 0.167. The summed E-state index contributed by atoms with van der Waals surface area (Å²) in [4.78, 5) is 0. The molecule has 3 heteroatoms. The Morgan fingerprint density at radius 1 is 1.50 bits per heavy atom. The van der Waals surface area contributed by atoms with E-state index in [-0.39, 0.29) is 0 Å².